The molecule has 1 saturated carbocycles. The summed E-state index contributed by atoms with van der Waals surface area (Å²) >= 11 is 0. The lowest BCUT2D eigenvalue weighted by atomic mass is 9.94. The second kappa shape index (κ2) is 7.25. The Hall–Kier alpha value is -0.610. The van der Waals surface area contributed by atoms with Crippen LogP contribution >= 0.6 is 0 Å². The van der Waals surface area contributed by atoms with E-state index >= 15 is 0 Å². The average molecular weight is 269 g/mol. The number of rotatable bonds is 8. The summed E-state index contributed by atoms with van der Waals surface area (Å²) in [5, 5.41) is 9.13. The Morgan fingerprint density at radius 1 is 1.26 bits per heavy atom. The zero-order chi connectivity index (χ0) is 13.7. The van der Waals surface area contributed by atoms with Gasteiger partial charge in [0.05, 0.1) is 0 Å². The van der Waals surface area contributed by atoms with Crippen LogP contribution in [0.3, 0.4) is 0 Å². The minimum atomic E-state index is -0.684. The Balaban J connectivity index is 1.63. The maximum atomic E-state index is 11.1. The summed E-state index contributed by atoms with van der Waals surface area (Å²) in [6, 6.07) is 0.213. The molecule has 1 unspecified atom stereocenters. The topological polar surface area (TPSA) is 49.8 Å². The molecular formula is C15H27NO3. The fourth-order valence-electron chi connectivity index (χ4n) is 3.00. The first kappa shape index (κ1) is 14.8. The van der Waals surface area contributed by atoms with E-state index in [-0.39, 0.29) is 6.04 Å². The maximum Gasteiger partial charge on any atom is 0.320 e. The van der Waals surface area contributed by atoms with E-state index in [4.69, 9.17) is 9.84 Å². The molecular weight excluding hydrogens is 242 g/mol. The van der Waals surface area contributed by atoms with E-state index in [1.54, 1.807) is 0 Å². The number of carboxylic acid groups (broad SMARTS) is 1. The van der Waals surface area contributed by atoms with Crippen LogP contribution in [0.1, 0.15) is 51.9 Å². The normalized spacial score (nSPS) is 22.6. The number of unbranched alkanes of at least 4 members (excludes halogenated alkanes) is 1. The highest BCUT2D eigenvalue weighted by atomic mass is 16.5. The van der Waals surface area contributed by atoms with Crippen molar-refractivity contribution in [1.82, 2.24) is 4.90 Å². The van der Waals surface area contributed by atoms with E-state index in [1.165, 1.54) is 38.5 Å². The molecule has 0 aromatic heterocycles. The smallest absolute Gasteiger partial charge is 0.320 e. The third-order valence-electron chi connectivity index (χ3n) is 4.49. The van der Waals surface area contributed by atoms with Crippen LogP contribution in [0.2, 0.25) is 0 Å². The van der Waals surface area contributed by atoms with Crippen LogP contribution in [0, 0.1) is 5.92 Å². The van der Waals surface area contributed by atoms with E-state index in [0.29, 0.717) is 6.04 Å². The number of carbonyl (C=O) groups is 1. The molecule has 1 heterocycles. The van der Waals surface area contributed by atoms with Gasteiger partial charge in [0.25, 0.3) is 0 Å². The van der Waals surface area contributed by atoms with E-state index in [1.807, 2.05) is 6.92 Å². The van der Waals surface area contributed by atoms with Gasteiger partial charge in [0.15, 0.2) is 0 Å². The molecule has 2 aliphatic rings. The molecule has 1 aliphatic heterocycles. The zero-order valence-electron chi connectivity index (χ0n) is 12.0. The standard InChI is InChI=1S/C15H27NO3/c1-12(15(17)18)16(14-5-6-14)9-3-2-4-13-7-10-19-11-8-13/h12-14H,2-11H2,1H3,(H,17,18). The van der Waals surface area contributed by atoms with Gasteiger partial charge in [0.2, 0.25) is 0 Å². The quantitative estimate of drug-likeness (QED) is 0.688. The summed E-state index contributed by atoms with van der Waals surface area (Å²) in [7, 11) is 0. The Morgan fingerprint density at radius 3 is 2.53 bits per heavy atom. The summed E-state index contributed by atoms with van der Waals surface area (Å²) in [6.45, 7) is 4.62. The molecule has 4 heteroatoms. The van der Waals surface area contributed by atoms with Crippen molar-refractivity contribution in [3.05, 3.63) is 0 Å². The first-order valence-electron chi connectivity index (χ1n) is 7.74. The van der Waals surface area contributed by atoms with Crippen LogP contribution in [0.5, 0.6) is 0 Å². The van der Waals surface area contributed by atoms with Gasteiger partial charge >= 0.3 is 5.97 Å². The fraction of sp³-hybridized carbons (Fsp3) is 0.933. The molecule has 0 amide bonds. The van der Waals surface area contributed by atoms with E-state index in [0.717, 1.165) is 32.1 Å². The molecule has 0 aromatic carbocycles. The summed E-state index contributed by atoms with van der Waals surface area (Å²) in [6.07, 6.45) is 8.40. The first-order chi connectivity index (χ1) is 9.18. The summed E-state index contributed by atoms with van der Waals surface area (Å²) < 4.78 is 5.37. The van der Waals surface area contributed by atoms with Crippen LogP contribution in [-0.4, -0.2) is 47.8 Å². The molecule has 1 N–H and O–H groups in total. The lowest BCUT2D eigenvalue weighted by Gasteiger charge is -2.27. The van der Waals surface area contributed by atoms with E-state index < -0.39 is 5.97 Å². The second-order valence-electron chi connectivity index (χ2n) is 6.03. The van der Waals surface area contributed by atoms with Crippen LogP contribution in [-0.2, 0) is 9.53 Å². The number of nitrogens with zero attached hydrogens (tertiary/aromatic N) is 1. The summed E-state index contributed by atoms with van der Waals surface area (Å²) in [5.74, 6) is 0.149. The molecule has 1 saturated heterocycles. The molecule has 19 heavy (non-hydrogen) atoms. The molecule has 4 nitrogen and oxygen atoms in total. The lowest BCUT2D eigenvalue weighted by Crippen LogP contribution is -2.41. The monoisotopic (exact) mass is 269 g/mol. The Kier molecular flexibility index (Phi) is 5.64. The highest BCUT2D eigenvalue weighted by Crippen LogP contribution is 2.29. The van der Waals surface area contributed by atoms with E-state index in [9.17, 15) is 4.79 Å². The van der Waals surface area contributed by atoms with Crippen molar-refractivity contribution in [2.24, 2.45) is 5.92 Å². The van der Waals surface area contributed by atoms with Gasteiger partial charge in [-0.2, -0.15) is 0 Å². The van der Waals surface area contributed by atoms with Crippen molar-refractivity contribution in [1.29, 1.82) is 0 Å². The van der Waals surface area contributed by atoms with Crippen LogP contribution in [0.25, 0.3) is 0 Å². The summed E-state index contributed by atoms with van der Waals surface area (Å²) in [4.78, 5) is 13.3. The summed E-state index contributed by atoms with van der Waals surface area (Å²) in [5.41, 5.74) is 0. The Labute approximate surface area is 116 Å². The first-order valence-corrected chi connectivity index (χ1v) is 7.74. The maximum absolute atomic E-state index is 11.1. The molecule has 0 radical (unpaired) electrons. The third kappa shape index (κ3) is 4.77. The van der Waals surface area contributed by atoms with E-state index in [2.05, 4.69) is 4.90 Å². The average Bonchev–Trinajstić information content (AvgIpc) is 3.23. The molecule has 110 valence electrons. The number of hydrogen-bond donors (Lipinski definition) is 1. The number of hydrogen-bond acceptors (Lipinski definition) is 3. The van der Waals surface area contributed by atoms with Gasteiger partial charge < -0.3 is 9.84 Å². The second-order valence-corrected chi connectivity index (χ2v) is 6.03. The van der Waals surface area contributed by atoms with Crippen molar-refractivity contribution in [2.75, 3.05) is 19.8 Å². The van der Waals surface area contributed by atoms with Gasteiger partial charge in [0.1, 0.15) is 6.04 Å². The Morgan fingerprint density at radius 2 is 1.95 bits per heavy atom. The highest BCUT2D eigenvalue weighted by Gasteiger charge is 2.34. The molecule has 0 bridgehead atoms. The minimum Gasteiger partial charge on any atom is -0.480 e. The van der Waals surface area contributed by atoms with Crippen molar-refractivity contribution in [2.45, 2.75) is 64.0 Å². The van der Waals surface area contributed by atoms with Gasteiger partial charge in [-0.15, -0.1) is 0 Å². The minimum absolute atomic E-state index is 0.324. The number of aliphatic carboxylic acids is 1. The highest BCUT2D eigenvalue weighted by molar-refractivity contribution is 5.73. The van der Waals surface area contributed by atoms with Gasteiger partial charge in [-0.05, 0) is 51.5 Å². The molecule has 2 fully saturated rings. The SMILES string of the molecule is CC(C(=O)O)N(CCCCC1CCOCC1)C1CC1. The largest absolute Gasteiger partial charge is 0.480 e. The van der Waals surface area contributed by atoms with Gasteiger partial charge in [0, 0.05) is 19.3 Å². The molecule has 0 spiro atoms. The third-order valence-corrected chi connectivity index (χ3v) is 4.49. The Bertz CT molecular complexity index is 285. The predicted octanol–water partition coefficient (Wildman–Crippen LogP) is 2.52. The number of carboxylic acids is 1. The lowest BCUT2D eigenvalue weighted by molar-refractivity contribution is -0.142. The predicted molar refractivity (Wildman–Crippen MR) is 74.2 cm³/mol. The van der Waals surface area contributed by atoms with Gasteiger partial charge in [-0.1, -0.05) is 12.8 Å². The van der Waals surface area contributed by atoms with Crippen LogP contribution in [0.4, 0.5) is 0 Å². The zero-order valence-corrected chi connectivity index (χ0v) is 12.0. The van der Waals surface area contributed by atoms with Crippen molar-refractivity contribution >= 4 is 5.97 Å². The molecule has 2 rings (SSSR count). The van der Waals surface area contributed by atoms with Crippen molar-refractivity contribution in [3.63, 3.8) is 0 Å². The number of ether oxygens (including phenoxy) is 1. The van der Waals surface area contributed by atoms with Crippen molar-refractivity contribution in [3.8, 4) is 0 Å². The van der Waals surface area contributed by atoms with Crippen molar-refractivity contribution < 1.29 is 14.6 Å². The fourth-order valence-corrected chi connectivity index (χ4v) is 3.00. The van der Waals surface area contributed by atoms with Crippen LogP contribution < -0.4 is 0 Å². The molecule has 1 aliphatic carbocycles. The van der Waals surface area contributed by atoms with Crippen LogP contribution in [0.15, 0.2) is 0 Å². The molecule has 1 atom stereocenters. The van der Waals surface area contributed by atoms with Gasteiger partial charge in [-0.3, -0.25) is 9.69 Å². The van der Waals surface area contributed by atoms with Gasteiger partial charge in [-0.25, -0.2) is 0 Å². The molecule has 0 aromatic rings.